The number of aliphatic hydroxyl groups is 1. The van der Waals surface area contributed by atoms with Crippen molar-refractivity contribution in [1.82, 2.24) is 9.97 Å². The van der Waals surface area contributed by atoms with Gasteiger partial charge in [-0.05, 0) is 17.5 Å². The summed E-state index contributed by atoms with van der Waals surface area (Å²) >= 11 is 2.84. The van der Waals surface area contributed by atoms with E-state index >= 15 is 0 Å². The first-order valence-electron chi connectivity index (χ1n) is 8.62. The summed E-state index contributed by atoms with van der Waals surface area (Å²) in [6.07, 6.45) is 0.0823. The number of rotatable bonds is 6. The lowest BCUT2D eigenvalue weighted by Gasteiger charge is -2.09. The molecule has 6 heteroatoms. The monoisotopic (exact) mass is 394 g/mol. The Bertz CT molecular complexity index is 1090. The van der Waals surface area contributed by atoms with Crippen LogP contribution >= 0.6 is 23.1 Å². The average molecular weight is 395 g/mol. The SMILES string of the molecule is O=c1[nH]c(SCC(O)Cc2ccccc2)nc2scc(-c3ccccc3)c12. The fourth-order valence-electron chi connectivity index (χ4n) is 2.95. The smallest absolute Gasteiger partial charge is 0.260 e. The van der Waals surface area contributed by atoms with Gasteiger partial charge in [0.05, 0.1) is 11.5 Å². The molecular weight excluding hydrogens is 376 g/mol. The number of thioether (sulfide) groups is 1. The Morgan fingerprint density at radius 1 is 1.07 bits per heavy atom. The first-order valence-corrected chi connectivity index (χ1v) is 10.5. The third-order valence-electron chi connectivity index (χ3n) is 4.23. The number of nitrogens with one attached hydrogen (secondary N) is 1. The second-order valence-corrected chi connectivity index (χ2v) is 8.09. The number of aromatic amines is 1. The maximum absolute atomic E-state index is 12.6. The third-order valence-corrected chi connectivity index (χ3v) is 6.12. The summed E-state index contributed by atoms with van der Waals surface area (Å²) in [6.45, 7) is 0. The van der Waals surface area contributed by atoms with Gasteiger partial charge >= 0.3 is 0 Å². The van der Waals surface area contributed by atoms with Crippen molar-refractivity contribution in [2.24, 2.45) is 0 Å². The van der Waals surface area contributed by atoms with Crippen molar-refractivity contribution in [1.29, 1.82) is 0 Å². The summed E-state index contributed by atoms with van der Waals surface area (Å²) in [4.78, 5) is 20.8. The van der Waals surface area contributed by atoms with Gasteiger partial charge < -0.3 is 10.1 Å². The van der Waals surface area contributed by atoms with Gasteiger partial charge in [0.2, 0.25) is 0 Å². The van der Waals surface area contributed by atoms with Crippen LogP contribution in [0.3, 0.4) is 0 Å². The Morgan fingerprint density at radius 3 is 2.52 bits per heavy atom. The molecule has 4 nitrogen and oxygen atoms in total. The van der Waals surface area contributed by atoms with Crippen molar-refractivity contribution in [3.63, 3.8) is 0 Å². The standard InChI is InChI=1S/C21H18N2O2S2/c24-16(11-14-7-3-1-4-8-14)12-27-21-22-19(25)18-17(13-26-20(18)23-21)15-9-5-2-6-10-15/h1-10,13,16,24H,11-12H2,(H,22,23,25). The highest BCUT2D eigenvalue weighted by atomic mass is 32.2. The summed E-state index contributed by atoms with van der Waals surface area (Å²) in [5, 5.41) is 13.4. The van der Waals surface area contributed by atoms with Crippen LogP contribution in [0.15, 0.2) is 76.0 Å². The molecule has 2 N–H and O–H groups in total. The predicted octanol–water partition coefficient (Wildman–Crippen LogP) is 4.35. The van der Waals surface area contributed by atoms with E-state index in [-0.39, 0.29) is 5.56 Å². The second-order valence-electron chi connectivity index (χ2n) is 6.22. The number of H-pyrrole nitrogens is 1. The topological polar surface area (TPSA) is 66.0 Å². The largest absolute Gasteiger partial charge is 0.392 e. The van der Waals surface area contributed by atoms with Gasteiger partial charge in [0.25, 0.3) is 5.56 Å². The van der Waals surface area contributed by atoms with E-state index in [1.165, 1.54) is 23.1 Å². The van der Waals surface area contributed by atoms with Gasteiger partial charge in [-0.15, -0.1) is 11.3 Å². The zero-order valence-corrected chi connectivity index (χ0v) is 16.1. The highest BCUT2D eigenvalue weighted by Crippen LogP contribution is 2.31. The molecule has 2 heterocycles. The van der Waals surface area contributed by atoms with Gasteiger partial charge in [0.1, 0.15) is 4.83 Å². The number of hydrogen-bond donors (Lipinski definition) is 2. The van der Waals surface area contributed by atoms with E-state index in [2.05, 4.69) is 9.97 Å². The van der Waals surface area contributed by atoms with Gasteiger partial charge in [0, 0.05) is 16.7 Å². The van der Waals surface area contributed by atoms with E-state index in [1.807, 2.05) is 66.0 Å². The number of thiophene rings is 1. The van der Waals surface area contributed by atoms with Crippen molar-refractivity contribution >= 4 is 33.3 Å². The number of nitrogens with zero attached hydrogens (tertiary/aromatic N) is 1. The van der Waals surface area contributed by atoms with Gasteiger partial charge in [-0.25, -0.2) is 4.98 Å². The maximum atomic E-state index is 12.6. The number of fused-ring (bicyclic) bond motifs is 1. The minimum Gasteiger partial charge on any atom is -0.392 e. The first kappa shape index (κ1) is 18.0. The molecular formula is C21H18N2O2S2. The van der Waals surface area contributed by atoms with E-state index in [4.69, 9.17) is 0 Å². The van der Waals surface area contributed by atoms with Crippen molar-refractivity contribution in [2.45, 2.75) is 17.7 Å². The fourth-order valence-corrected chi connectivity index (χ4v) is 4.74. The molecule has 1 unspecified atom stereocenters. The molecule has 0 fully saturated rings. The van der Waals surface area contributed by atoms with Gasteiger partial charge in [-0.1, -0.05) is 72.4 Å². The number of hydrogen-bond acceptors (Lipinski definition) is 5. The van der Waals surface area contributed by atoms with Crippen molar-refractivity contribution in [3.8, 4) is 11.1 Å². The fraction of sp³-hybridized carbons (Fsp3) is 0.143. The molecule has 1 atom stereocenters. The van der Waals surface area contributed by atoms with Crippen LogP contribution in [0.4, 0.5) is 0 Å². The molecule has 4 rings (SSSR count). The number of aromatic nitrogens is 2. The lowest BCUT2D eigenvalue weighted by molar-refractivity contribution is 0.200. The zero-order chi connectivity index (χ0) is 18.6. The van der Waals surface area contributed by atoms with Crippen LogP contribution in [0, 0.1) is 0 Å². The van der Waals surface area contributed by atoms with E-state index in [1.54, 1.807) is 0 Å². The highest BCUT2D eigenvalue weighted by Gasteiger charge is 2.14. The second kappa shape index (κ2) is 8.08. The molecule has 0 aliphatic heterocycles. The van der Waals surface area contributed by atoms with Gasteiger partial charge in [0.15, 0.2) is 5.16 Å². The van der Waals surface area contributed by atoms with E-state index in [0.29, 0.717) is 22.7 Å². The average Bonchev–Trinajstić information content (AvgIpc) is 3.12. The zero-order valence-electron chi connectivity index (χ0n) is 14.5. The summed E-state index contributed by atoms with van der Waals surface area (Å²) < 4.78 is 0. The van der Waals surface area contributed by atoms with Crippen LogP contribution in [0.2, 0.25) is 0 Å². The van der Waals surface area contributed by atoms with Crippen LogP contribution in [0.25, 0.3) is 21.3 Å². The van der Waals surface area contributed by atoms with Crippen LogP contribution in [0.1, 0.15) is 5.56 Å². The predicted molar refractivity (Wildman–Crippen MR) is 113 cm³/mol. The molecule has 0 saturated heterocycles. The molecule has 4 aromatic rings. The van der Waals surface area contributed by atoms with Crippen LogP contribution in [-0.2, 0) is 6.42 Å². The number of benzene rings is 2. The summed E-state index contributed by atoms with van der Waals surface area (Å²) in [5.74, 6) is 0.472. The summed E-state index contributed by atoms with van der Waals surface area (Å²) in [7, 11) is 0. The molecule has 136 valence electrons. The minimum absolute atomic E-state index is 0.139. The lowest BCUT2D eigenvalue weighted by Crippen LogP contribution is -2.15. The molecule has 0 bridgehead atoms. The van der Waals surface area contributed by atoms with E-state index < -0.39 is 6.10 Å². The third kappa shape index (κ3) is 4.13. The highest BCUT2D eigenvalue weighted by molar-refractivity contribution is 7.99. The molecule has 0 amide bonds. The van der Waals surface area contributed by atoms with Crippen molar-refractivity contribution in [3.05, 3.63) is 82.0 Å². The van der Waals surface area contributed by atoms with Crippen LogP contribution in [0.5, 0.6) is 0 Å². The maximum Gasteiger partial charge on any atom is 0.260 e. The molecule has 2 aromatic carbocycles. The Balaban J connectivity index is 1.51. The molecule has 2 aromatic heterocycles. The lowest BCUT2D eigenvalue weighted by atomic mass is 10.1. The van der Waals surface area contributed by atoms with Gasteiger partial charge in [-0.3, -0.25) is 4.79 Å². The number of aliphatic hydroxyl groups excluding tert-OH is 1. The molecule has 0 spiro atoms. The Morgan fingerprint density at radius 2 is 1.78 bits per heavy atom. The molecule has 27 heavy (non-hydrogen) atoms. The van der Waals surface area contributed by atoms with Crippen molar-refractivity contribution < 1.29 is 5.11 Å². The van der Waals surface area contributed by atoms with Crippen molar-refractivity contribution in [2.75, 3.05) is 5.75 Å². The molecule has 0 aliphatic carbocycles. The van der Waals surface area contributed by atoms with Crippen LogP contribution in [-0.4, -0.2) is 26.9 Å². The normalized spacial score (nSPS) is 12.3. The first-order chi connectivity index (χ1) is 13.2. The minimum atomic E-state index is -0.499. The van der Waals surface area contributed by atoms with Gasteiger partial charge in [-0.2, -0.15) is 0 Å². The Kier molecular flexibility index (Phi) is 5.38. The molecule has 0 radical (unpaired) electrons. The van der Waals surface area contributed by atoms with E-state index in [0.717, 1.165) is 21.5 Å². The summed E-state index contributed by atoms with van der Waals surface area (Å²) in [6, 6.07) is 19.7. The molecule has 0 saturated carbocycles. The Labute approximate surface area is 164 Å². The Hall–Kier alpha value is -2.41. The van der Waals surface area contributed by atoms with E-state index in [9.17, 15) is 9.90 Å². The quantitative estimate of drug-likeness (QED) is 0.377. The molecule has 0 aliphatic rings. The summed E-state index contributed by atoms with van der Waals surface area (Å²) in [5.41, 5.74) is 2.87. The van der Waals surface area contributed by atoms with Crippen LogP contribution < -0.4 is 5.56 Å².